The summed E-state index contributed by atoms with van der Waals surface area (Å²) in [5.41, 5.74) is 2.21. The van der Waals surface area contributed by atoms with Crippen LogP contribution in [0.15, 0.2) is 60.7 Å². The van der Waals surface area contributed by atoms with E-state index in [2.05, 4.69) is 17.0 Å². The lowest BCUT2D eigenvalue weighted by Crippen LogP contribution is -2.70. The third kappa shape index (κ3) is 7.14. The summed E-state index contributed by atoms with van der Waals surface area (Å²) in [6.07, 6.45) is 4.57. The molecule has 1 saturated heterocycles. The van der Waals surface area contributed by atoms with Crippen molar-refractivity contribution < 1.29 is 24.1 Å². The van der Waals surface area contributed by atoms with Crippen LogP contribution in [0.1, 0.15) is 36.8 Å². The Hall–Kier alpha value is -2.45. The number of benzene rings is 2. The van der Waals surface area contributed by atoms with Gasteiger partial charge in [0.15, 0.2) is 0 Å². The van der Waals surface area contributed by atoms with E-state index in [-0.39, 0.29) is 18.9 Å². The van der Waals surface area contributed by atoms with Gasteiger partial charge in [-0.15, -0.1) is 0 Å². The average Bonchev–Trinajstić information content (AvgIpc) is 3.86. The van der Waals surface area contributed by atoms with E-state index in [1.165, 1.54) is 0 Å². The minimum Gasteiger partial charge on any atom is -0.391 e. The monoisotopic (exact) mass is 522 g/mol. The average molecular weight is 523 g/mol. The van der Waals surface area contributed by atoms with Crippen LogP contribution in [0.2, 0.25) is 0 Å². The van der Waals surface area contributed by atoms with Crippen LogP contribution in [0.25, 0.3) is 0 Å². The Morgan fingerprint density at radius 2 is 1.47 bits per heavy atom. The summed E-state index contributed by atoms with van der Waals surface area (Å²) in [5.74, 6) is 1.04. The summed E-state index contributed by atoms with van der Waals surface area (Å²) in [6.45, 7) is 2.42. The van der Waals surface area contributed by atoms with Gasteiger partial charge in [-0.2, -0.15) is 0 Å². The highest BCUT2D eigenvalue weighted by atomic mass is 16.7. The number of amides is 2. The Balaban J connectivity index is 1.47. The van der Waals surface area contributed by atoms with Gasteiger partial charge in [0.1, 0.15) is 12.9 Å². The number of urea groups is 1. The predicted molar refractivity (Wildman–Crippen MR) is 146 cm³/mol. The number of methoxy groups -OCH3 is 1. The first-order valence-corrected chi connectivity index (χ1v) is 14.2. The molecule has 5 rings (SSSR count). The number of hydrogen-bond acceptors (Lipinski definition) is 5. The number of aliphatic hydroxyl groups excluding tert-OH is 1. The van der Waals surface area contributed by atoms with E-state index in [1.807, 2.05) is 53.4 Å². The summed E-state index contributed by atoms with van der Waals surface area (Å²) < 4.78 is 17.4. The Labute approximate surface area is 226 Å². The molecular formula is C31H42N2O5. The Morgan fingerprint density at radius 1 is 0.868 bits per heavy atom. The standard InChI is InChI=1S/C31H42N2O5/c1-36-16-17-37-22-38-30-27(18-23-8-4-2-5-9-23)32(20-25-12-13-25)31(35)33(21-26-14-15-26)29(30)28(34)19-24-10-6-3-7-11-24/h2-11,25-30,34H,12-22H2,1H3/t27-,28+,29-,30+/m1/s1. The lowest BCUT2D eigenvalue weighted by Gasteiger charge is -2.52. The molecule has 7 nitrogen and oxygen atoms in total. The molecule has 1 N–H and O–H groups in total. The minimum atomic E-state index is -0.759. The van der Waals surface area contributed by atoms with Crippen LogP contribution in [-0.2, 0) is 27.1 Å². The fourth-order valence-electron chi connectivity index (χ4n) is 5.61. The first kappa shape index (κ1) is 27.1. The maximum absolute atomic E-state index is 14.2. The molecule has 0 unspecified atom stereocenters. The summed E-state index contributed by atoms with van der Waals surface area (Å²) in [6, 6.07) is 19.7. The predicted octanol–water partition coefficient (Wildman–Crippen LogP) is 4.13. The third-order valence-corrected chi connectivity index (χ3v) is 8.02. The zero-order valence-electron chi connectivity index (χ0n) is 22.5. The second-order valence-corrected chi connectivity index (χ2v) is 11.1. The molecule has 38 heavy (non-hydrogen) atoms. The molecule has 4 atom stereocenters. The van der Waals surface area contributed by atoms with Gasteiger partial charge in [0.25, 0.3) is 0 Å². The van der Waals surface area contributed by atoms with Gasteiger partial charge in [-0.3, -0.25) is 0 Å². The van der Waals surface area contributed by atoms with E-state index in [4.69, 9.17) is 14.2 Å². The van der Waals surface area contributed by atoms with Crippen LogP contribution in [-0.4, -0.2) is 85.4 Å². The molecule has 1 aliphatic heterocycles. The molecule has 2 aliphatic carbocycles. The minimum absolute atomic E-state index is 0.0435. The number of ether oxygens (including phenoxy) is 3. The number of aliphatic hydroxyl groups is 1. The number of rotatable bonds is 15. The number of carbonyl (C=O) groups is 1. The van der Waals surface area contributed by atoms with Crippen molar-refractivity contribution in [3.63, 3.8) is 0 Å². The van der Waals surface area contributed by atoms with E-state index >= 15 is 0 Å². The van der Waals surface area contributed by atoms with E-state index in [9.17, 15) is 9.90 Å². The molecule has 0 radical (unpaired) electrons. The second kappa shape index (κ2) is 13.1. The molecular weight excluding hydrogens is 480 g/mol. The largest absolute Gasteiger partial charge is 0.391 e. The highest BCUT2D eigenvalue weighted by molar-refractivity contribution is 5.77. The first-order valence-electron chi connectivity index (χ1n) is 14.2. The smallest absolute Gasteiger partial charge is 0.320 e. The van der Waals surface area contributed by atoms with E-state index < -0.39 is 18.2 Å². The molecule has 0 aromatic heterocycles. The second-order valence-electron chi connectivity index (χ2n) is 11.1. The zero-order chi connectivity index (χ0) is 26.3. The van der Waals surface area contributed by atoms with Crippen LogP contribution in [0.3, 0.4) is 0 Å². The van der Waals surface area contributed by atoms with Gasteiger partial charge < -0.3 is 29.1 Å². The number of nitrogens with zero attached hydrogens (tertiary/aromatic N) is 2. The van der Waals surface area contributed by atoms with Crippen LogP contribution in [0.5, 0.6) is 0 Å². The van der Waals surface area contributed by atoms with Gasteiger partial charge in [0.05, 0.1) is 31.4 Å². The molecule has 2 aromatic carbocycles. The Morgan fingerprint density at radius 3 is 2.08 bits per heavy atom. The van der Waals surface area contributed by atoms with Crippen LogP contribution < -0.4 is 0 Å². The Bertz CT molecular complexity index is 998. The fourth-order valence-corrected chi connectivity index (χ4v) is 5.61. The van der Waals surface area contributed by atoms with Crippen molar-refractivity contribution in [3.8, 4) is 0 Å². The van der Waals surface area contributed by atoms with Crippen molar-refractivity contribution in [3.05, 3.63) is 71.8 Å². The molecule has 206 valence electrons. The topological polar surface area (TPSA) is 71.5 Å². The van der Waals surface area contributed by atoms with E-state index in [0.717, 1.165) is 43.4 Å². The Kier molecular flexibility index (Phi) is 9.33. The normalized spacial score (nSPS) is 24.6. The SMILES string of the molecule is COCCOCO[C@@H]1[C@@H]([C@@H](O)Cc2ccccc2)N(CC2CC2)C(=O)N(CC2CC2)[C@@H]1Cc1ccccc1. The van der Waals surface area contributed by atoms with E-state index in [1.54, 1.807) is 7.11 Å². The molecule has 0 spiro atoms. The molecule has 2 saturated carbocycles. The van der Waals surface area contributed by atoms with Gasteiger partial charge in [0.2, 0.25) is 0 Å². The third-order valence-electron chi connectivity index (χ3n) is 8.02. The van der Waals surface area contributed by atoms with Gasteiger partial charge in [-0.1, -0.05) is 60.7 Å². The lowest BCUT2D eigenvalue weighted by atomic mass is 9.86. The maximum Gasteiger partial charge on any atom is 0.320 e. The molecule has 7 heteroatoms. The van der Waals surface area contributed by atoms with Crippen molar-refractivity contribution in [1.82, 2.24) is 9.80 Å². The lowest BCUT2D eigenvalue weighted by molar-refractivity contribution is -0.163. The molecule has 2 aromatic rings. The van der Waals surface area contributed by atoms with Gasteiger partial charge in [0, 0.05) is 26.6 Å². The highest BCUT2D eigenvalue weighted by Crippen LogP contribution is 2.38. The fraction of sp³-hybridized carbons (Fsp3) is 0.581. The zero-order valence-corrected chi connectivity index (χ0v) is 22.5. The molecule has 2 amide bonds. The highest BCUT2D eigenvalue weighted by Gasteiger charge is 2.51. The van der Waals surface area contributed by atoms with Crippen molar-refractivity contribution in [2.45, 2.75) is 62.8 Å². The molecule has 3 aliphatic rings. The van der Waals surface area contributed by atoms with Crippen LogP contribution >= 0.6 is 0 Å². The summed E-state index contributed by atoms with van der Waals surface area (Å²) in [5, 5.41) is 11.8. The quantitative estimate of drug-likeness (QED) is 0.281. The van der Waals surface area contributed by atoms with E-state index in [0.29, 0.717) is 44.4 Å². The number of carbonyl (C=O) groups excluding carboxylic acids is 1. The first-order chi connectivity index (χ1) is 18.6. The maximum atomic E-state index is 14.2. The van der Waals surface area contributed by atoms with Gasteiger partial charge in [-0.05, 0) is 55.1 Å². The molecule has 0 bridgehead atoms. The van der Waals surface area contributed by atoms with Gasteiger partial charge in [-0.25, -0.2) is 4.79 Å². The molecule has 1 heterocycles. The van der Waals surface area contributed by atoms with Crippen LogP contribution in [0.4, 0.5) is 4.79 Å². The molecule has 3 fully saturated rings. The van der Waals surface area contributed by atoms with Crippen molar-refractivity contribution in [1.29, 1.82) is 0 Å². The summed E-state index contributed by atoms with van der Waals surface area (Å²) in [7, 11) is 1.65. The van der Waals surface area contributed by atoms with Crippen LogP contribution in [0, 0.1) is 11.8 Å². The van der Waals surface area contributed by atoms with Crippen molar-refractivity contribution in [2.75, 3.05) is 40.2 Å². The summed E-state index contributed by atoms with van der Waals surface area (Å²) >= 11 is 0. The van der Waals surface area contributed by atoms with Gasteiger partial charge >= 0.3 is 6.03 Å². The number of hydrogen-bond donors (Lipinski definition) is 1. The van der Waals surface area contributed by atoms with Crippen molar-refractivity contribution in [2.24, 2.45) is 11.8 Å². The summed E-state index contributed by atoms with van der Waals surface area (Å²) in [4.78, 5) is 18.2. The van der Waals surface area contributed by atoms with Crippen molar-refractivity contribution >= 4 is 6.03 Å².